The first-order valence-corrected chi connectivity index (χ1v) is 6.84. The average Bonchev–Trinajstić information content (AvgIpc) is 2.28. The number of halogens is 4. The fourth-order valence-corrected chi connectivity index (χ4v) is 4.76. The molecule has 1 saturated heterocycles. The van der Waals surface area contributed by atoms with Crippen LogP contribution in [0.5, 0.6) is 0 Å². The lowest BCUT2D eigenvalue weighted by atomic mass is 10.3. The third-order valence-corrected chi connectivity index (χ3v) is 6.00. The summed E-state index contributed by atoms with van der Waals surface area (Å²) in [6.45, 7) is 4.59. The summed E-state index contributed by atoms with van der Waals surface area (Å²) in [6.07, 6.45) is 2.15. The minimum atomic E-state index is -6.00. The maximum atomic E-state index is 9.75. The highest BCUT2D eigenvalue weighted by Gasteiger charge is 2.42. The Kier molecular flexibility index (Phi) is 6.64. The van der Waals surface area contributed by atoms with E-state index in [1.54, 1.807) is 0 Å². The third kappa shape index (κ3) is 8.05. The Balaban J connectivity index is 0.000000292. The molecule has 8 heteroatoms. The summed E-state index contributed by atoms with van der Waals surface area (Å²) in [7, 11) is -6.00. The molecule has 0 aromatic carbocycles. The van der Waals surface area contributed by atoms with Crippen molar-refractivity contribution >= 4 is 42.5 Å². The Morgan fingerprint density at radius 2 is 1.36 bits per heavy atom. The molecule has 1 aliphatic heterocycles. The minimum Gasteiger partial charge on any atom is -0.418 e. The van der Waals surface area contributed by atoms with Crippen molar-refractivity contribution in [2.45, 2.75) is 24.3 Å². The molecule has 0 spiro atoms. The van der Waals surface area contributed by atoms with Gasteiger partial charge in [0.2, 0.25) is 0 Å². The lowest BCUT2D eigenvalue weighted by molar-refractivity contribution is 0.368. The molecule has 1 heterocycles. The van der Waals surface area contributed by atoms with Gasteiger partial charge in [-0.1, -0.05) is 0 Å². The summed E-state index contributed by atoms with van der Waals surface area (Å²) >= 11 is 5.91. The van der Waals surface area contributed by atoms with E-state index < -0.39 is 7.25 Å². The predicted molar refractivity (Wildman–Crippen MR) is 61.1 cm³/mol. The van der Waals surface area contributed by atoms with Gasteiger partial charge in [0.1, 0.15) is 0 Å². The van der Waals surface area contributed by atoms with Crippen LogP contribution in [0.25, 0.3) is 0 Å². The second-order valence-electron chi connectivity index (χ2n) is 2.59. The van der Waals surface area contributed by atoms with Gasteiger partial charge in [-0.25, -0.2) is 0 Å². The van der Waals surface area contributed by atoms with Crippen LogP contribution in [0.3, 0.4) is 0 Å². The zero-order valence-corrected chi connectivity index (χ0v) is 10.4. The second kappa shape index (κ2) is 6.32. The van der Waals surface area contributed by atoms with Crippen molar-refractivity contribution < 1.29 is 17.3 Å². The van der Waals surface area contributed by atoms with Crippen LogP contribution >= 0.6 is 35.3 Å². The molecule has 14 heavy (non-hydrogen) atoms. The van der Waals surface area contributed by atoms with E-state index in [1.807, 2.05) is 35.3 Å². The quantitative estimate of drug-likeness (QED) is 0.393. The van der Waals surface area contributed by atoms with Crippen LogP contribution in [0.1, 0.15) is 13.8 Å². The molecular formula is C6H11BF4S3. The van der Waals surface area contributed by atoms with Crippen LogP contribution < -0.4 is 0 Å². The van der Waals surface area contributed by atoms with Gasteiger partial charge in [-0.05, 0) is 13.8 Å². The van der Waals surface area contributed by atoms with Crippen LogP contribution in [-0.2, 0) is 0 Å². The predicted octanol–water partition coefficient (Wildman–Crippen LogP) is 4.35. The van der Waals surface area contributed by atoms with E-state index in [0.717, 1.165) is 10.5 Å². The SMILES string of the molecule is CS[C+]1SC(C)C(C)S1.F[B-](F)(F)F. The summed E-state index contributed by atoms with van der Waals surface area (Å²) in [5.41, 5.74) is 0. The fraction of sp³-hybridized carbons (Fsp3) is 0.833. The van der Waals surface area contributed by atoms with Crippen molar-refractivity contribution in [3.8, 4) is 0 Å². The van der Waals surface area contributed by atoms with Gasteiger partial charge in [0, 0.05) is 6.26 Å². The van der Waals surface area contributed by atoms with Gasteiger partial charge >= 0.3 is 7.25 Å². The van der Waals surface area contributed by atoms with E-state index in [0.29, 0.717) is 0 Å². The molecule has 1 aliphatic rings. The van der Waals surface area contributed by atoms with Crippen molar-refractivity contribution in [3.05, 3.63) is 3.91 Å². The molecule has 0 aromatic heterocycles. The van der Waals surface area contributed by atoms with Crippen molar-refractivity contribution in [2.75, 3.05) is 6.26 Å². The lowest BCUT2D eigenvalue weighted by Crippen LogP contribution is -2.04. The topological polar surface area (TPSA) is 0 Å². The van der Waals surface area contributed by atoms with Crippen LogP contribution in [-0.4, -0.2) is 24.0 Å². The maximum absolute atomic E-state index is 9.75. The normalized spacial score (nSPS) is 27.2. The molecule has 0 nitrogen and oxygen atoms in total. The summed E-state index contributed by atoms with van der Waals surface area (Å²) in [5, 5.41) is 1.63. The lowest BCUT2D eigenvalue weighted by Gasteiger charge is -1.95. The zero-order chi connectivity index (χ0) is 11.4. The van der Waals surface area contributed by atoms with E-state index in [-0.39, 0.29) is 0 Å². The van der Waals surface area contributed by atoms with Crippen LogP contribution in [0.2, 0.25) is 0 Å². The largest absolute Gasteiger partial charge is 0.673 e. The first-order valence-electron chi connectivity index (χ1n) is 3.85. The van der Waals surface area contributed by atoms with E-state index in [1.165, 1.54) is 3.91 Å². The Bertz CT molecular complexity index is 150. The first-order chi connectivity index (χ1) is 6.24. The molecular weight excluding hydrogens is 255 g/mol. The molecule has 2 unspecified atom stereocenters. The van der Waals surface area contributed by atoms with E-state index in [4.69, 9.17) is 0 Å². The molecule has 0 N–H and O–H groups in total. The van der Waals surface area contributed by atoms with Crippen LogP contribution in [0.4, 0.5) is 17.3 Å². The second-order valence-corrected chi connectivity index (χ2v) is 6.96. The standard InChI is InChI=1S/C6H11S3.BF4/c1-4-5(2)9-6(7-3)8-4;2-1(3,4)5/h4-5H,1-3H3;/q+1;-1. The Hall–Kier alpha value is 0.705. The number of rotatable bonds is 1. The highest BCUT2D eigenvalue weighted by atomic mass is 32.3. The van der Waals surface area contributed by atoms with E-state index >= 15 is 0 Å². The monoisotopic (exact) mass is 266 g/mol. The zero-order valence-electron chi connectivity index (χ0n) is 7.97. The molecule has 84 valence electrons. The van der Waals surface area contributed by atoms with Gasteiger partial charge in [0.25, 0.3) is 3.91 Å². The minimum absolute atomic E-state index is 0.817. The molecule has 0 bridgehead atoms. The summed E-state index contributed by atoms with van der Waals surface area (Å²) in [4.78, 5) is 0. The molecule has 0 radical (unpaired) electrons. The number of thioether (sulfide) groups is 3. The molecule has 0 aliphatic carbocycles. The molecule has 1 fully saturated rings. The maximum Gasteiger partial charge on any atom is 0.673 e. The molecule has 0 saturated carbocycles. The fourth-order valence-electron chi connectivity index (χ4n) is 0.619. The van der Waals surface area contributed by atoms with Gasteiger partial charge in [-0.15, -0.1) is 0 Å². The highest BCUT2D eigenvalue weighted by molar-refractivity contribution is 8.39. The number of hydrogen-bond donors (Lipinski definition) is 0. The van der Waals surface area contributed by atoms with Crippen LogP contribution in [0, 0.1) is 3.91 Å². The summed E-state index contributed by atoms with van der Waals surface area (Å²) < 4.78 is 40.5. The van der Waals surface area contributed by atoms with Gasteiger partial charge in [-0.3, -0.25) is 0 Å². The van der Waals surface area contributed by atoms with Crippen molar-refractivity contribution in [3.63, 3.8) is 0 Å². The van der Waals surface area contributed by atoms with E-state index in [9.17, 15) is 17.3 Å². The smallest absolute Gasteiger partial charge is 0.418 e. The molecule has 2 atom stereocenters. The van der Waals surface area contributed by atoms with Crippen molar-refractivity contribution in [2.24, 2.45) is 0 Å². The van der Waals surface area contributed by atoms with Crippen LogP contribution in [0.15, 0.2) is 0 Å². The third-order valence-electron chi connectivity index (χ3n) is 1.39. The first kappa shape index (κ1) is 14.7. The summed E-state index contributed by atoms with van der Waals surface area (Å²) in [6, 6.07) is 0. The highest BCUT2D eigenvalue weighted by Crippen LogP contribution is 2.53. The molecule has 0 amide bonds. The number of hydrogen-bond acceptors (Lipinski definition) is 3. The van der Waals surface area contributed by atoms with Gasteiger partial charge in [-0.2, -0.15) is 0 Å². The Morgan fingerprint density at radius 1 is 1.07 bits per heavy atom. The molecule has 1 rings (SSSR count). The van der Waals surface area contributed by atoms with Gasteiger partial charge < -0.3 is 17.3 Å². The van der Waals surface area contributed by atoms with Gasteiger partial charge in [0.05, 0.1) is 45.8 Å². The Morgan fingerprint density at radius 3 is 1.50 bits per heavy atom. The van der Waals surface area contributed by atoms with Gasteiger partial charge in [0.15, 0.2) is 0 Å². The molecule has 0 aromatic rings. The Labute approximate surface area is 94.5 Å². The van der Waals surface area contributed by atoms with Crippen molar-refractivity contribution in [1.82, 2.24) is 0 Å². The summed E-state index contributed by atoms with van der Waals surface area (Å²) in [5.74, 6) is 0. The van der Waals surface area contributed by atoms with E-state index in [2.05, 4.69) is 20.1 Å². The van der Waals surface area contributed by atoms with Crippen molar-refractivity contribution in [1.29, 1.82) is 0 Å². The average molecular weight is 266 g/mol.